The maximum Gasteiger partial charge on any atom is 0.353 e. The molecule has 0 aromatic rings. The van der Waals surface area contributed by atoms with Gasteiger partial charge in [0.1, 0.15) is 7.85 Å². The first-order chi connectivity index (χ1) is 8.00. The highest BCUT2D eigenvalue weighted by molar-refractivity contribution is 7.57. The van der Waals surface area contributed by atoms with Crippen LogP contribution in [0, 0.1) is 0 Å². The van der Waals surface area contributed by atoms with E-state index in [2.05, 4.69) is 0 Å². The Hall–Kier alpha value is -0.125. The lowest BCUT2D eigenvalue weighted by Crippen LogP contribution is -2.20. The molecule has 1 heterocycles. The monoisotopic (exact) mass is 260 g/mol. The van der Waals surface area contributed by atoms with Gasteiger partial charge in [0.15, 0.2) is 0 Å². The van der Waals surface area contributed by atoms with Crippen molar-refractivity contribution in [1.82, 2.24) is 0 Å². The Labute approximate surface area is 103 Å². The zero-order valence-electron chi connectivity index (χ0n) is 10.1. The standard InChI is InChI=1S/C10H18BO5P/c1-3-14-17(13,15-4-2)6-5-8-7-9(12)10(11)16-8/h5-6,8-10,12H,3-4,7H2,1-2H3/b6-5+/t8-,9+,10-/m1/s1. The van der Waals surface area contributed by atoms with Crippen LogP contribution >= 0.6 is 7.60 Å². The summed E-state index contributed by atoms with van der Waals surface area (Å²) < 4.78 is 27.4. The molecule has 17 heavy (non-hydrogen) atoms. The molecule has 2 radical (unpaired) electrons. The van der Waals surface area contributed by atoms with Gasteiger partial charge in [0.05, 0.1) is 25.4 Å². The smallest absolute Gasteiger partial charge is 0.353 e. The molecular formula is C10H18BO5P. The van der Waals surface area contributed by atoms with Gasteiger partial charge >= 0.3 is 7.60 Å². The van der Waals surface area contributed by atoms with Crippen molar-refractivity contribution in [3.05, 3.63) is 11.9 Å². The minimum absolute atomic E-state index is 0.301. The molecule has 0 saturated carbocycles. The molecule has 0 unspecified atom stereocenters. The third kappa shape index (κ3) is 4.56. The predicted molar refractivity (Wildman–Crippen MR) is 65.0 cm³/mol. The Bertz CT molecular complexity index is 289. The summed E-state index contributed by atoms with van der Waals surface area (Å²) in [5, 5.41) is 9.39. The van der Waals surface area contributed by atoms with E-state index in [9.17, 15) is 9.67 Å². The van der Waals surface area contributed by atoms with Gasteiger partial charge in [0.2, 0.25) is 0 Å². The van der Waals surface area contributed by atoms with Crippen LogP contribution in [-0.2, 0) is 18.3 Å². The van der Waals surface area contributed by atoms with E-state index < -0.39 is 19.7 Å². The summed E-state index contributed by atoms with van der Waals surface area (Å²) in [6, 6.07) is -0.691. The number of aliphatic hydroxyl groups is 1. The van der Waals surface area contributed by atoms with Gasteiger partial charge in [-0.2, -0.15) is 0 Å². The van der Waals surface area contributed by atoms with Crippen LogP contribution in [-0.4, -0.2) is 44.4 Å². The van der Waals surface area contributed by atoms with E-state index in [4.69, 9.17) is 21.6 Å². The molecule has 1 aliphatic rings. The highest BCUT2D eigenvalue weighted by Gasteiger charge is 2.29. The Balaban J connectivity index is 2.58. The Morgan fingerprint density at radius 1 is 1.47 bits per heavy atom. The number of hydrogen-bond donors (Lipinski definition) is 1. The van der Waals surface area contributed by atoms with Gasteiger partial charge in [0.25, 0.3) is 0 Å². The van der Waals surface area contributed by atoms with Gasteiger partial charge in [-0.3, -0.25) is 4.57 Å². The Morgan fingerprint density at radius 3 is 2.47 bits per heavy atom. The molecule has 0 bridgehead atoms. The van der Waals surface area contributed by atoms with E-state index in [1.807, 2.05) is 0 Å². The lowest BCUT2D eigenvalue weighted by Gasteiger charge is -2.13. The molecule has 1 fully saturated rings. The second-order valence-electron chi connectivity index (χ2n) is 3.66. The molecule has 1 N–H and O–H groups in total. The topological polar surface area (TPSA) is 65.0 Å². The molecule has 5 nitrogen and oxygen atoms in total. The first kappa shape index (κ1) is 14.9. The maximum atomic E-state index is 12.1. The first-order valence-electron chi connectivity index (χ1n) is 5.68. The van der Waals surface area contributed by atoms with Crippen molar-refractivity contribution in [3.63, 3.8) is 0 Å². The van der Waals surface area contributed by atoms with Crippen LogP contribution in [0.2, 0.25) is 0 Å². The third-order valence-corrected chi connectivity index (χ3v) is 4.06. The van der Waals surface area contributed by atoms with Crippen LogP contribution in [0.15, 0.2) is 11.9 Å². The molecule has 1 aliphatic heterocycles. The summed E-state index contributed by atoms with van der Waals surface area (Å²) in [5.41, 5.74) is 0. The van der Waals surface area contributed by atoms with E-state index >= 15 is 0 Å². The second kappa shape index (κ2) is 6.71. The average Bonchev–Trinajstić information content (AvgIpc) is 2.57. The number of ether oxygens (including phenoxy) is 1. The van der Waals surface area contributed by atoms with Gasteiger partial charge in [-0.05, 0) is 19.9 Å². The van der Waals surface area contributed by atoms with Crippen molar-refractivity contribution in [2.75, 3.05) is 13.2 Å². The van der Waals surface area contributed by atoms with Crippen LogP contribution in [0.5, 0.6) is 0 Å². The van der Waals surface area contributed by atoms with Crippen molar-refractivity contribution in [3.8, 4) is 0 Å². The fraction of sp³-hybridized carbons (Fsp3) is 0.800. The minimum Gasteiger partial charge on any atom is -0.391 e. The molecule has 3 atom stereocenters. The zero-order valence-corrected chi connectivity index (χ0v) is 11.0. The normalized spacial score (nSPS) is 30.2. The van der Waals surface area contributed by atoms with Crippen LogP contribution < -0.4 is 0 Å². The van der Waals surface area contributed by atoms with Gasteiger partial charge < -0.3 is 18.9 Å². The summed E-state index contributed by atoms with van der Waals surface area (Å²) in [4.78, 5) is 0. The Kier molecular flexibility index (Phi) is 5.90. The van der Waals surface area contributed by atoms with Gasteiger partial charge in [-0.25, -0.2) is 0 Å². The van der Waals surface area contributed by atoms with E-state index in [1.54, 1.807) is 19.9 Å². The molecule has 0 amide bonds. The van der Waals surface area contributed by atoms with Crippen LogP contribution in [0.4, 0.5) is 0 Å². The van der Waals surface area contributed by atoms with Gasteiger partial charge in [0, 0.05) is 18.2 Å². The van der Waals surface area contributed by atoms with Crippen LogP contribution in [0.25, 0.3) is 0 Å². The van der Waals surface area contributed by atoms with Gasteiger partial charge in [-0.15, -0.1) is 0 Å². The maximum absolute atomic E-state index is 12.1. The van der Waals surface area contributed by atoms with Crippen LogP contribution in [0.1, 0.15) is 20.3 Å². The first-order valence-corrected chi connectivity index (χ1v) is 7.29. The SMILES string of the molecule is [B][C@@H]1O[C@H](/C=C/P(=O)(OCC)OCC)C[C@@H]1O. The van der Waals surface area contributed by atoms with Crippen molar-refractivity contribution < 1.29 is 23.5 Å². The summed E-state index contributed by atoms with van der Waals surface area (Å²) in [7, 11) is 2.29. The van der Waals surface area contributed by atoms with E-state index in [1.165, 1.54) is 5.82 Å². The lowest BCUT2D eigenvalue weighted by atomic mass is 9.94. The summed E-state index contributed by atoms with van der Waals surface area (Å²) in [5.74, 6) is 1.37. The molecule has 96 valence electrons. The minimum atomic E-state index is -3.19. The van der Waals surface area contributed by atoms with Crippen molar-refractivity contribution in [2.45, 2.75) is 38.5 Å². The molecular weight excluding hydrogens is 242 g/mol. The molecule has 0 aromatic carbocycles. The van der Waals surface area contributed by atoms with E-state index in [-0.39, 0.29) is 6.10 Å². The zero-order chi connectivity index (χ0) is 12.9. The fourth-order valence-corrected chi connectivity index (χ4v) is 2.90. The van der Waals surface area contributed by atoms with Crippen molar-refractivity contribution >= 4 is 15.4 Å². The highest BCUT2D eigenvalue weighted by atomic mass is 31.2. The number of aliphatic hydroxyl groups excluding tert-OH is 1. The predicted octanol–water partition coefficient (Wildman–Crippen LogP) is 1.41. The average molecular weight is 260 g/mol. The van der Waals surface area contributed by atoms with Crippen molar-refractivity contribution in [1.29, 1.82) is 0 Å². The molecule has 0 aromatic heterocycles. The third-order valence-electron chi connectivity index (χ3n) is 2.29. The van der Waals surface area contributed by atoms with E-state index in [0.29, 0.717) is 19.6 Å². The number of rotatable bonds is 6. The van der Waals surface area contributed by atoms with E-state index in [0.717, 1.165) is 0 Å². The quantitative estimate of drug-likeness (QED) is 0.577. The number of hydrogen-bond acceptors (Lipinski definition) is 5. The van der Waals surface area contributed by atoms with Gasteiger partial charge in [-0.1, -0.05) is 0 Å². The summed E-state index contributed by atoms with van der Waals surface area (Å²) >= 11 is 0. The highest BCUT2D eigenvalue weighted by Crippen LogP contribution is 2.49. The van der Waals surface area contributed by atoms with Crippen molar-refractivity contribution in [2.24, 2.45) is 0 Å². The molecule has 0 spiro atoms. The second-order valence-corrected chi connectivity index (χ2v) is 5.55. The molecule has 1 saturated heterocycles. The molecule has 1 rings (SSSR count). The summed E-state index contributed by atoms with van der Waals surface area (Å²) in [6.45, 7) is 4.08. The fourth-order valence-electron chi connectivity index (χ4n) is 1.53. The largest absolute Gasteiger partial charge is 0.391 e. The van der Waals surface area contributed by atoms with Crippen LogP contribution in [0.3, 0.4) is 0 Å². The molecule has 7 heteroatoms. The lowest BCUT2D eigenvalue weighted by molar-refractivity contribution is 0.0774. The molecule has 0 aliphatic carbocycles. The summed E-state index contributed by atoms with van der Waals surface area (Å²) in [6.07, 6.45) is 0.912. The Morgan fingerprint density at radius 2 is 2.06 bits per heavy atom.